The second kappa shape index (κ2) is 6.04. The minimum atomic E-state index is 0.166. The predicted octanol–water partition coefficient (Wildman–Crippen LogP) is 6.26. The summed E-state index contributed by atoms with van der Waals surface area (Å²) in [4.78, 5) is 1.48. The number of benzene rings is 1. The van der Waals surface area contributed by atoms with E-state index >= 15 is 0 Å². The van der Waals surface area contributed by atoms with Gasteiger partial charge in [-0.1, -0.05) is 64.1 Å². The van der Waals surface area contributed by atoms with E-state index in [0.717, 1.165) is 12.0 Å². The second-order valence-electron chi connectivity index (χ2n) is 7.53. The van der Waals surface area contributed by atoms with Crippen molar-refractivity contribution in [3.8, 4) is 0 Å². The van der Waals surface area contributed by atoms with E-state index < -0.39 is 0 Å². The molecule has 0 amide bonds. The van der Waals surface area contributed by atoms with E-state index in [2.05, 4.69) is 64.6 Å². The van der Waals surface area contributed by atoms with Crippen molar-refractivity contribution in [2.45, 2.75) is 63.2 Å². The summed E-state index contributed by atoms with van der Waals surface area (Å²) in [6.07, 6.45) is 6.69. The summed E-state index contributed by atoms with van der Waals surface area (Å²) in [7, 11) is 0. The minimum Gasteiger partial charge on any atom is -0.126 e. The third-order valence-corrected chi connectivity index (χ3v) is 5.58. The largest absolute Gasteiger partial charge is 0.126 e. The highest BCUT2D eigenvalue weighted by molar-refractivity contribution is 7.99. The Bertz CT molecular complexity index is 561. The van der Waals surface area contributed by atoms with Gasteiger partial charge in [-0.05, 0) is 53.5 Å². The van der Waals surface area contributed by atoms with Crippen LogP contribution in [-0.2, 0) is 10.8 Å². The van der Waals surface area contributed by atoms with Crippen molar-refractivity contribution in [1.29, 1.82) is 0 Å². The molecule has 1 aromatic carbocycles. The van der Waals surface area contributed by atoms with Gasteiger partial charge in [0, 0.05) is 4.90 Å². The average Bonchev–Trinajstić information content (AvgIpc) is 2.37. The standard InChI is InChI=1S/C20H28S/c1-15(2)8-7-11-19(3,4)16-9-10-18-17(14-16)20(5,6)12-13-21-18/h7-10,14H,1,11-13H2,2-6H3. The Morgan fingerprint density at radius 1 is 1.38 bits per heavy atom. The molecule has 0 atom stereocenters. The van der Waals surface area contributed by atoms with E-state index in [4.69, 9.17) is 0 Å². The molecule has 1 aliphatic rings. The zero-order valence-electron chi connectivity index (χ0n) is 14.1. The average molecular weight is 301 g/mol. The van der Waals surface area contributed by atoms with Gasteiger partial charge in [0.15, 0.2) is 0 Å². The van der Waals surface area contributed by atoms with Crippen molar-refractivity contribution < 1.29 is 0 Å². The van der Waals surface area contributed by atoms with Gasteiger partial charge in [-0.15, -0.1) is 11.8 Å². The third kappa shape index (κ3) is 3.83. The number of hydrogen-bond acceptors (Lipinski definition) is 1. The summed E-state index contributed by atoms with van der Waals surface area (Å²) in [6, 6.07) is 7.11. The normalized spacial score (nSPS) is 17.8. The number of thioether (sulfide) groups is 1. The first-order valence-corrected chi connectivity index (χ1v) is 8.81. The van der Waals surface area contributed by atoms with Gasteiger partial charge in [-0.2, -0.15) is 0 Å². The van der Waals surface area contributed by atoms with Gasteiger partial charge in [0.05, 0.1) is 0 Å². The zero-order valence-corrected chi connectivity index (χ0v) is 14.9. The van der Waals surface area contributed by atoms with Crippen LogP contribution < -0.4 is 0 Å². The van der Waals surface area contributed by atoms with E-state index in [9.17, 15) is 0 Å². The van der Waals surface area contributed by atoms with Crippen molar-refractivity contribution in [3.05, 3.63) is 53.6 Å². The molecule has 21 heavy (non-hydrogen) atoms. The van der Waals surface area contributed by atoms with Gasteiger partial charge < -0.3 is 0 Å². The lowest BCUT2D eigenvalue weighted by Crippen LogP contribution is -2.24. The summed E-state index contributed by atoms with van der Waals surface area (Å²) in [5.41, 5.74) is 4.57. The van der Waals surface area contributed by atoms with Crippen LogP contribution in [0.15, 0.2) is 47.4 Å². The van der Waals surface area contributed by atoms with Crippen LogP contribution in [0.1, 0.15) is 58.6 Å². The number of allylic oxidation sites excluding steroid dienone is 3. The molecule has 2 rings (SSSR count). The maximum atomic E-state index is 3.93. The second-order valence-corrected chi connectivity index (χ2v) is 8.67. The van der Waals surface area contributed by atoms with E-state index in [1.165, 1.54) is 28.2 Å². The molecule has 1 heteroatoms. The van der Waals surface area contributed by atoms with Crippen molar-refractivity contribution in [1.82, 2.24) is 0 Å². The van der Waals surface area contributed by atoms with Crippen LogP contribution in [0.25, 0.3) is 0 Å². The molecule has 0 unspecified atom stereocenters. The van der Waals surface area contributed by atoms with Gasteiger partial charge in [-0.25, -0.2) is 0 Å². The van der Waals surface area contributed by atoms with Crippen LogP contribution >= 0.6 is 11.8 Å². The SMILES string of the molecule is C=C(C)C=CCC(C)(C)c1ccc2c(c1)C(C)(C)CCS2. The Morgan fingerprint density at radius 2 is 2.10 bits per heavy atom. The molecule has 0 saturated carbocycles. The molecule has 0 fully saturated rings. The fourth-order valence-corrected chi connectivity index (χ4v) is 4.32. The molecule has 1 aliphatic heterocycles. The minimum absolute atomic E-state index is 0.166. The predicted molar refractivity (Wildman–Crippen MR) is 96.4 cm³/mol. The first-order chi connectivity index (χ1) is 9.72. The molecular formula is C20H28S. The van der Waals surface area contributed by atoms with Gasteiger partial charge >= 0.3 is 0 Å². The van der Waals surface area contributed by atoms with Gasteiger partial charge in [0.25, 0.3) is 0 Å². The summed E-state index contributed by atoms with van der Waals surface area (Å²) in [5, 5.41) is 0. The van der Waals surface area contributed by atoms with Crippen molar-refractivity contribution in [3.63, 3.8) is 0 Å². The van der Waals surface area contributed by atoms with E-state index in [1.807, 2.05) is 18.7 Å². The number of rotatable bonds is 4. The quantitative estimate of drug-likeness (QED) is 0.591. The molecule has 0 nitrogen and oxygen atoms in total. The smallest absolute Gasteiger partial charge is 0.0110 e. The Labute approximate surface area is 134 Å². The summed E-state index contributed by atoms with van der Waals surface area (Å²) < 4.78 is 0. The molecule has 0 aromatic heterocycles. The highest BCUT2D eigenvalue weighted by atomic mass is 32.2. The molecule has 1 aromatic rings. The van der Waals surface area contributed by atoms with Crippen LogP contribution in [0.5, 0.6) is 0 Å². The van der Waals surface area contributed by atoms with E-state index in [1.54, 1.807) is 0 Å². The Hall–Kier alpha value is -0.950. The highest BCUT2D eigenvalue weighted by Gasteiger charge is 2.29. The molecular weight excluding hydrogens is 272 g/mol. The van der Waals surface area contributed by atoms with Crippen molar-refractivity contribution in [2.24, 2.45) is 0 Å². The lowest BCUT2D eigenvalue weighted by Gasteiger charge is -2.34. The lowest BCUT2D eigenvalue weighted by atomic mass is 9.76. The fraction of sp³-hybridized carbons (Fsp3) is 0.500. The van der Waals surface area contributed by atoms with Crippen LogP contribution in [0.3, 0.4) is 0 Å². The maximum absolute atomic E-state index is 3.93. The summed E-state index contributed by atoms with van der Waals surface area (Å²) in [5.74, 6) is 1.24. The molecule has 1 heterocycles. The van der Waals surface area contributed by atoms with Gasteiger partial charge in [0.2, 0.25) is 0 Å². The summed E-state index contributed by atoms with van der Waals surface area (Å²) >= 11 is 2.01. The lowest BCUT2D eigenvalue weighted by molar-refractivity contribution is 0.485. The number of fused-ring (bicyclic) bond motifs is 1. The molecule has 0 spiro atoms. The van der Waals surface area contributed by atoms with Crippen molar-refractivity contribution in [2.75, 3.05) is 5.75 Å². The van der Waals surface area contributed by atoms with Gasteiger partial charge in [0.1, 0.15) is 0 Å². The fourth-order valence-electron chi connectivity index (χ4n) is 2.83. The molecule has 0 bridgehead atoms. The number of hydrogen-bond donors (Lipinski definition) is 0. The highest BCUT2D eigenvalue weighted by Crippen LogP contribution is 2.43. The molecule has 114 valence electrons. The summed E-state index contributed by atoms with van der Waals surface area (Å²) in [6.45, 7) is 15.4. The van der Waals surface area contributed by atoms with Crippen LogP contribution in [0, 0.1) is 0 Å². The van der Waals surface area contributed by atoms with E-state index in [-0.39, 0.29) is 5.41 Å². The van der Waals surface area contributed by atoms with Crippen molar-refractivity contribution >= 4 is 11.8 Å². The van der Waals surface area contributed by atoms with Gasteiger partial charge in [-0.3, -0.25) is 0 Å². The first kappa shape index (κ1) is 16.4. The van der Waals surface area contributed by atoms with Crippen LogP contribution in [0.2, 0.25) is 0 Å². The molecule has 0 saturated heterocycles. The topological polar surface area (TPSA) is 0 Å². The van der Waals surface area contributed by atoms with Crippen LogP contribution in [-0.4, -0.2) is 5.75 Å². The Balaban J connectivity index is 2.30. The third-order valence-electron chi connectivity index (χ3n) is 4.51. The Kier molecular flexibility index (Phi) is 4.72. The molecule has 0 N–H and O–H groups in total. The van der Waals surface area contributed by atoms with Crippen LogP contribution in [0.4, 0.5) is 0 Å². The first-order valence-electron chi connectivity index (χ1n) is 7.82. The molecule has 0 aliphatic carbocycles. The maximum Gasteiger partial charge on any atom is 0.0110 e. The zero-order chi connectivity index (χ0) is 15.7. The molecule has 0 radical (unpaired) electrons. The monoisotopic (exact) mass is 300 g/mol. The van der Waals surface area contributed by atoms with E-state index in [0.29, 0.717) is 5.41 Å². The Morgan fingerprint density at radius 3 is 2.76 bits per heavy atom.